The van der Waals surface area contributed by atoms with Crippen molar-refractivity contribution in [2.45, 2.75) is 63.3 Å². The van der Waals surface area contributed by atoms with Crippen LogP contribution in [0.4, 0.5) is 47.3 Å². The fourth-order valence-electron chi connectivity index (χ4n) is 8.28. The maximum Gasteiger partial charge on any atom is 0.573 e. The SMILES string of the molecule is COc1ccc(CNC(=O)n2nc(-c3cc(NC(=O)c4ccc(OC(F)(F)F)cc4)ccc3O)cc2C2CC2)cc1.O=C(Nc1ccc(O)c(-c2cc(C3CC3)n(C(=O)NCc3ccc(Cl)c(Cl)c3)n2)c1)c1ccc(OC(F)(F)F)cc1. The zero-order valence-corrected chi connectivity index (χ0v) is 44.3. The van der Waals surface area contributed by atoms with Gasteiger partial charge in [-0.25, -0.2) is 9.59 Å². The minimum absolute atomic E-state index is 0.0908. The van der Waals surface area contributed by atoms with Crippen LogP contribution < -0.4 is 35.5 Å². The number of amides is 4. The molecule has 424 valence electrons. The molecule has 2 aliphatic carbocycles. The summed E-state index contributed by atoms with van der Waals surface area (Å²) < 4.78 is 89.7. The standard InChI is InChI=1S/C29H25F3N4O5.C28H21Cl2F3N4O4/c1-40-21-9-2-17(3-10-21)16-33-28(39)36-25(18-4-5-18)15-24(35-36)23-14-20(8-13-26(23)37)34-27(38)19-6-11-22(12-7-19)41-29(30,31)32;29-21-9-1-15(11-22(21)30)14-34-27(40)37-24(16-2-3-16)13-23(36-37)20-12-18(6-10-25(20)38)35-26(39)17-4-7-19(8-5-17)41-28(31,32)33/h2-3,6-15,18,37H,4-5,16H2,1H3,(H,33,39)(H,34,38);1,4-13,16,38H,2-3,14H2,(H,34,40)(H,35,39). The first-order chi connectivity index (χ1) is 39.1. The Morgan fingerprint density at radius 2 is 0.939 bits per heavy atom. The molecule has 2 aromatic heterocycles. The average molecular weight is 1170 g/mol. The summed E-state index contributed by atoms with van der Waals surface area (Å²) >= 11 is 12.0. The van der Waals surface area contributed by atoms with Gasteiger partial charge >= 0.3 is 24.8 Å². The molecule has 0 radical (unpaired) electrons. The first-order valence-corrected chi connectivity index (χ1v) is 25.7. The molecule has 6 aromatic carbocycles. The molecule has 0 aliphatic heterocycles. The van der Waals surface area contributed by atoms with Gasteiger partial charge in [0.25, 0.3) is 11.8 Å². The maximum atomic E-state index is 13.1. The lowest BCUT2D eigenvalue weighted by Gasteiger charge is -2.10. The van der Waals surface area contributed by atoms with Crippen LogP contribution in [0, 0.1) is 0 Å². The van der Waals surface area contributed by atoms with Crippen LogP contribution in [0.5, 0.6) is 28.7 Å². The monoisotopic (exact) mass is 1170 g/mol. The Hall–Kier alpha value is -9.22. The van der Waals surface area contributed by atoms with Gasteiger partial charge in [-0.2, -0.15) is 19.6 Å². The predicted molar refractivity (Wildman–Crippen MR) is 289 cm³/mol. The van der Waals surface area contributed by atoms with Gasteiger partial charge < -0.3 is 45.7 Å². The Bertz CT molecular complexity index is 3660. The van der Waals surface area contributed by atoms with Gasteiger partial charge in [-0.3, -0.25) is 9.59 Å². The molecule has 0 atom stereocenters. The summed E-state index contributed by atoms with van der Waals surface area (Å²) in [7, 11) is 1.58. The van der Waals surface area contributed by atoms with Crippen molar-refractivity contribution in [3.63, 3.8) is 0 Å². The van der Waals surface area contributed by atoms with Gasteiger partial charge in [-0.05, 0) is 158 Å². The first-order valence-electron chi connectivity index (χ1n) is 24.9. The Kier molecular flexibility index (Phi) is 17.0. The summed E-state index contributed by atoms with van der Waals surface area (Å²) in [5.41, 5.74) is 5.04. The van der Waals surface area contributed by atoms with E-state index < -0.39 is 48.1 Å². The van der Waals surface area contributed by atoms with Gasteiger partial charge in [0.05, 0.1) is 39.9 Å². The highest BCUT2D eigenvalue weighted by atomic mass is 35.5. The van der Waals surface area contributed by atoms with Crippen molar-refractivity contribution in [2.75, 3.05) is 17.7 Å². The zero-order valence-electron chi connectivity index (χ0n) is 42.7. The lowest BCUT2D eigenvalue weighted by Crippen LogP contribution is -2.30. The number of aromatic hydroxyl groups is 2. The Labute approximate surface area is 472 Å². The molecular weight excluding hydrogens is 1130 g/mol. The topological polar surface area (TPSA) is 220 Å². The molecule has 2 aliphatic rings. The fourth-order valence-corrected chi connectivity index (χ4v) is 8.60. The molecule has 8 aromatic rings. The van der Waals surface area contributed by atoms with Crippen molar-refractivity contribution in [3.8, 4) is 51.3 Å². The second kappa shape index (κ2) is 24.2. The van der Waals surface area contributed by atoms with Crippen molar-refractivity contribution in [1.29, 1.82) is 0 Å². The third-order valence-corrected chi connectivity index (χ3v) is 13.4. The molecule has 82 heavy (non-hydrogen) atoms. The molecule has 0 saturated heterocycles. The van der Waals surface area contributed by atoms with Crippen LogP contribution in [0.2, 0.25) is 10.0 Å². The quantitative estimate of drug-likeness (QED) is 0.0419. The summed E-state index contributed by atoms with van der Waals surface area (Å²) in [5.74, 6) is -1.30. The van der Waals surface area contributed by atoms with E-state index in [4.69, 9.17) is 27.9 Å². The van der Waals surface area contributed by atoms with E-state index in [1.165, 1.54) is 70.0 Å². The van der Waals surface area contributed by atoms with Crippen molar-refractivity contribution in [3.05, 3.63) is 183 Å². The number of nitrogens with one attached hydrogen (secondary N) is 4. The molecule has 0 spiro atoms. The third-order valence-electron chi connectivity index (χ3n) is 12.6. The van der Waals surface area contributed by atoms with Crippen molar-refractivity contribution in [1.82, 2.24) is 30.2 Å². The lowest BCUT2D eigenvalue weighted by atomic mass is 10.1. The number of rotatable bonds is 15. The zero-order chi connectivity index (χ0) is 58.5. The number of carbonyl (C=O) groups is 4. The summed E-state index contributed by atoms with van der Waals surface area (Å²) in [4.78, 5) is 51.5. The largest absolute Gasteiger partial charge is 0.573 e. The summed E-state index contributed by atoms with van der Waals surface area (Å²) in [6, 6.07) is 32.5. The van der Waals surface area contributed by atoms with Gasteiger partial charge in [0.2, 0.25) is 0 Å². The smallest absolute Gasteiger partial charge is 0.507 e. The van der Waals surface area contributed by atoms with Crippen molar-refractivity contribution >= 4 is 58.5 Å². The number of nitrogens with zero attached hydrogens (tertiary/aromatic N) is 4. The van der Waals surface area contributed by atoms with Gasteiger partial charge in [0, 0.05) is 58.6 Å². The number of phenols is 2. The molecule has 0 bridgehead atoms. The molecule has 25 heteroatoms. The number of methoxy groups -OCH3 is 1. The number of halogens is 8. The van der Waals surface area contributed by atoms with E-state index in [2.05, 4.69) is 40.9 Å². The van der Waals surface area contributed by atoms with Crippen LogP contribution in [0.1, 0.15) is 80.7 Å². The van der Waals surface area contributed by atoms with Crippen molar-refractivity contribution in [2.24, 2.45) is 0 Å². The molecule has 2 heterocycles. The molecular formula is C57H46Cl2F6N8O9. The summed E-state index contributed by atoms with van der Waals surface area (Å²) in [6.07, 6.45) is -6.09. The Morgan fingerprint density at radius 3 is 1.33 bits per heavy atom. The van der Waals surface area contributed by atoms with E-state index in [0.717, 1.165) is 61.1 Å². The summed E-state index contributed by atoms with van der Waals surface area (Å²) in [6.45, 7) is 0.462. The minimum atomic E-state index is -4.84. The van der Waals surface area contributed by atoms with E-state index in [1.807, 2.05) is 12.1 Å². The van der Waals surface area contributed by atoms with Crippen LogP contribution in [0.15, 0.2) is 140 Å². The van der Waals surface area contributed by atoms with Crippen molar-refractivity contribution < 1.29 is 69.9 Å². The normalized spacial score (nSPS) is 13.0. The van der Waals surface area contributed by atoms with E-state index in [9.17, 15) is 55.7 Å². The number of carbonyl (C=O) groups excluding carboxylic acids is 4. The maximum absolute atomic E-state index is 13.1. The first kappa shape index (κ1) is 57.5. The second-order valence-corrected chi connectivity index (χ2v) is 19.5. The van der Waals surface area contributed by atoms with Gasteiger partial charge in [-0.15, -0.1) is 26.3 Å². The van der Waals surface area contributed by atoms with Gasteiger partial charge in [0.15, 0.2) is 0 Å². The highest BCUT2D eigenvalue weighted by Gasteiger charge is 2.34. The van der Waals surface area contributed by atoms with E-state index in [0.29, 0.717) is 55.5 Å². The number of ether oxygens (including phenoxy) is 3. The number of phenolic OH excluding ortho intramolecular Hbond substituents is 2. The molecule has 2 fully saturated rings. The average Bonchev–Trinajstić information content (AvgIpc) is 4.05. The van der Waals surface area contributed by atoms with Gasteiger partial charge in [0.1, 0.15) is 28.7 Å². The molecule has 4 amide bonds. The number of alkyl halides is 6. The number of aromatic nitrogens is 4. The number of anilines is 2. The second-order valence-electron chi connectivity index (χ2n) is 18.7. The number of benzene rings is 6. The van der Waals surface area contributed by atoms with Crippen LogP contribution in [0.25, 0.3) is 22.5 Å². The Morgan fingerprint density at radius 1 is 0.537 bits per heavy atom. The van der Waals surface area contributed by atoms with Crippen LogP contribution in [0.3, 0.4) is 0 Å². The van der Waals surface area contributed by atoms with Crippen LogP contribution in [-0.4, -0.2) is 73.5 Å². The highest BCUT2D eigenvalue weighted by Crippen LogP contribution is 2.44. The molecule has 2 saturated carbocycles. The Balaban J connectivity index is 0.000000198. The minimum Gasteiger partial charge on any atom is -0.507 e. The highest BCUT2D eigenvalue weighted by molar-refractivity contribution is 6.42. The molecule has 0 unspecified atom stereocenters. The molecule has 6 N–H and O–H groups in total. The van der Waals surface area contributed by atoms with Gasteiger partial charge in [-0.1, -0.05) is 41.4 Å². The van der Waals surface area contributed by atoms with E-state index in [1.54, 1.807) is 49.6 Å². The van der Waals surface area contributed by atoms with Crippen LogP contribution >= 0.6 is 23.2 Å². The summed E-state index contributed by atoms with van der Waals surface area (Å²) in [5, 5.41) is 41.8. The molecule has 10 rings (SSSR count). The van der Waals surface area contributed by atoms with E-state index >= 15 is 0 Å². The fraction of sp³-hybridized carbons (Fsp3) is 0.193. The number of hydrogen-bond donors (Lipinski definition) is 6. The van der Waals surface area contributed by atoms with E-state index in [-0.39, 0.29) is 53.1 Å². The van der Waals surface area contributed by atoms with Crippen LogP contribution in [-0.2, 0) is 13.1 Å². The number of hydrogen-bond acceptors (Lipinski definition) is 11. The lowest BCUT2D eigenvalue weighted by molar-refractivity contribution is -0.275. The predicted octanol–water partition coefficient (Wildman–Crippen LogP) is 13.4. The molecule has 17 nitrogen and oxygen atoms in total. The third kappa shape index (κ3) is 15.0.